The molecule has 0 unspecified atom stereocenters. The Morgan fingerprint density at radius 3 is 2.83 bits per heavy atom. The standard InChI is InChI=1S/C14H25N3O/c1-12(2)15-8-13-9-17(11-16-13)10-14(3)4-6-18-7-5-14/h9,11-12,15H,4-8,10H2,1-3H3. The molecule has 0 bridgehead atoms. The van der Waals surface area contributed by atoms with Crippen LogP contribution in [0.4, 0.5) is 0 Å². The average molecular weight is 251 g/mol. The molecule has 4 heteroatoms. The molecular formula is C14H25N3O. The zero-order valence-corrected chi connectivity index (χ0v) is 11.8. The van der Waals surface area contributed by atoms with Gasteiger partial charge in [0.25, 0.3) is 0 Å². The van der Waals surface area contributed by atoms with Crippen LogP contribution in [0, 0.1) is 5.41 Å². The van der Waals surface area contributed by atoms with Crippen molar-refractivity contribution in [1.29, 1.82) is 0 Å². The first-order chi connectivity index (χ1) is 8.57. The largest absolute Gasteiger partial charge is 0.381 e. The second-order valence-electron chi connectivity index (χ2n) is 6.00. The van der Waals surface area contributed by atoms with Gasteiger partial charge in [0.1, 0.15) is 0 Å². The van der Waals surface area contributed by atoms with Gasteiger partial charge in [-0.05, 0) is 18.3 Å². The van der Waals surface area contributed by atoms with E-state index >= 15 is 0 Å². The summed E-state index contributed by atoms with van der Waals surface area (Å²) in [7, 11) is 0. The second kappa shape index (κ2) is 5.85. The third-order valence-corrected chi connectivity index (χ3v) is 3.64. The summed E-state index contributed by atoms with van der Waals surface area (Å²) in [6.45, 7) is 10.3. The molecule has 1 aliphatic heterocycles. The minimum atomic E-state index is 0.363. The highest BCUT2D eigenvalue weighted by Crippen LogP contribution is 2.31. The molecule has 1 N–H and O–H groups in total. The number of aromatic nitrogens is 2. The maximum atomic E-state index is 5.44. The highest BCUT2D eigenvalue weighted by atomic mass is 16.5. The van der Waals surface area contributed by atoms with Crippen LogP contribution in [-0.2, 0) is 17.8 Å². The summed E-state index contributed by atoms with van der Waals surface area (Å²) in [6, 6.07) is 0.503. The van der Waals surface area contributed by atoms with Gasteiger partial charge in [-0.1, -0.05) is 20.8 Å². The van der Waals surface area contributed by atoms with Gasteiger partial charge in [-0.2, -0.15) is 0 Å². The van der Waals surface area contributed by atoms with E-state index in [2.05, 4.69) is 41.8 Å². The Hall–Kier alpha value is -0.870. The van der Waals surface area contributed by atoms with Crippen molar-refractivity contribution in [3.05, 3.63) is 18.2 Å². The van der Waals surface area contributed by atoms with Crippen molar-refractivity contribution in [3.63, 3.8) is 0 Å². The molecule has 4 nitrogen and oxygen atoms in total. The van der Waals surface area contributed by atoms with Gasteiger partial charge in [-0.15, -0.1) is 0 Å². The lowest BCUT2D eigenvalue weighted by atomic mass is 9.82. The van der Waals surface area contributed by atoms with Crippen molar-refractivity contribution in [3.8, 4) is 0 Å². The Balaban J connectivity index is 1.89. The van der Waals surface area contributed by atoms with E-state index in [1.807, 2.05) is 6.33 Å². The summed E-state index contributed by atoms with van der Waals surface area (Å²) in [5.41, 5.74) is 1.49. The molecule has 2 rings (SSSR count). The Kier molecular flexibility index (Phi) is 4.40. The fraction of sp³-hybridized carbons (Fsp3) is 0.786. The van der Waals surface area contributed by atoms with Crippen LogP contribution in [0.15, 0.2) is 12.5 Å². The molecule has 0 saturated carbocycles. The molecule has 102 valence electrons. The predicted molar refractivity (Wildman–Crippen MR) is 72.4 cm³/mol. The van der Waals surface area contributed by atoms with Crippen molar-refractivity contribution in [2.45, 2.75) is 52.7 Å². The third-order valence-electron chi connectivity index (χ3n) is 3.64. The van der Waals surface area contributed by atoms with E-state index in [4.69, 9.17) is 4.74 Å². The summed E-state index contributed by atoms with van der Waals surface area (Å²) in [6.07, 6.45) is 6.41. The fourth-order valence-corrected chi connectivity index (χ4v) is 2.36. The van der Waals surface area contributed by atoms with Crippen LogP contribution in [0.25, 0.3) is 0 Å². The quantitative estimate of drug-likeness (QED) is 0.872. The van der Waals surface area contributed by atoms with Crippen molar-refractivity contribution in [2.24, 2.45) is 5.41 Å². The topological polar surface area (TPSA) is 39.1 Å². The number of imidazole rings is 1. The molecule has 0 amide bonds. The van der Waals surface area contributed by atoms with Crippen molar-refractivity contribution < 1.29 is 4.74 Å². The molecule has 0 radical (unpaired) electrons. The third kappa shape index (κ3) is 3.82. The lowest BCUT2D eigenvalue weighted by Crippen LogP contribution is -2.30. The van der Waals surface area contributed by atoms with Gasteiger partial charge in [0, 0.05) is 38.5 Å². The second-order valence-corrected chi connectivity index (χ2v) is 6.00. The number of hydrogen-bond acceptors (Lipinski definition) is 3. The minimum Gasteiger partial charge on any atom is -0.381 e. The van der Waals surface area contributed by atoms with E-state index in [-0.39, 0.29) is 0 Å². The Labute approximate surface area is 110 Å². The number of ether oxygens (including phenoxy) is 1. The highest BCUT2D eigenvalue weighted by Gasteiger charge is 2.27. The van der Waals surface area contributed by atoms with Gasteiger partial charge < -0.3 is 14.6 Å². The van der Waals surface area contributed by atoms with Crippen LogP contribution in [0.5, 0.6) is 0 Å². The first kappa shape index (κ1) is 13.6. The van der Waals surface area contributed by atoms with E-state index in [1.165, 1.54) is 0 Å². The van der Waals surface area contributed by atoms with Crippen LogP contribution in [0.1, 0.15) is 39.3 Å². The van der Waals surface area contributed by atoms with Crippen LogP contribution >= 0.6 is 0 Å². The summed E-state index contributed by atoms with van der Waals surface area (Å²) in [5.74, 6) is 0. The molecule has 0 spiro atoms. The number of nitrogens with one attached hydrogen (secondary N) is 1. The van der Waals surface area contributed by atoms with Crippen molar-refractivity contribution in [1.82, 2.24) is 14.9 Å². The Morgan fingerprint density at radius 1 is 1.44 bits per heavy atom. The van der Waals surface area contributed by atoms with Crippen LogP contribution in [-0.4, -0.2) is 28.8 Å². The first-order valence-corrected chi connectivity index (χ1v) is 6.89. The summed E-state index contributed by atoms with van der Waals surface area (Å²) < 4.78 is 7.66. The van der Waals surface area contributed by atoms with Gasteiger partial charge in [0.15, 0.2) is 0 Å². The lowest BCUT2D eigenvalue weighted by Gasteiger charge is -2.33. The molecule has 0 aromatic carbocycles. The van der Waals surface area contributed by atoms with Crippen LogP contribution in [0.3, 0.4) is 0 Å². The maximum absolute atomic E-state index is 5.44. The molecule has 1 saturated heterocycles. The predicted octanol–water partition coefficient (Wildman–Crippen LogP) is 2.20. The molecular weight excluding hydrogens is 226 g/mol. The zero-order valence-electron chi connectivity index (χ0n) is 11.8. The molecule has 1 fully saturated rings. The minimum absolute atomic E-state index is 0.363. The van der Waals surface area contributed by atoms with Crippen LogP contribution < -0.4 is 5.32 Å². The normalized spacial score (nSPS) is 19.3. The van der Waals surface area contributed by atoms with Gasteiger partial charge >= 0.3 is 0 Å². The van der Waals surface area contributed by atoms with Crippen molar-refractivity contribution in [2.75, 3.05) is 13.2 Å². The zero-order chi connectivity index (χ0) is 13.0. The molecule has 2 heterocycles. The van der Waals surface area contributed by atoms with Crippen LogP contribution in [0.2, 0.25) is 0 Å². The molecule has 1 aliphatic rings. The van der Waals surface area contributed by atoms with Gasteiger partial charge in [0.05, 0.1) is 12.0 Å². The van der Waals surface area contributed by atoms with E-state index in [0.29, 0.717) is 11.5 Å². The smallest absolute Gasteiger partial charge is 0.0950 e. The van der Waals surface area contributed by atoms with E-state index in [0.717, 1.165) is 44.8 Å². The SMILES string of the molecule is CC(C)NCc1cn(CC2(C)CCOCC2)cn1. The van der Waals surface area contributed by atoms with Gasteiger partial charge in [-0.25, -0.2) is 4.98 Å². The summed E-state index contributed by atoms with van der Waals surface area (Å²) in [5, 5.41) is 3.39. The maximum Gasteiger partial charge on any atom is 0.0950 e. The van der Waals surface area contributed by atoms with E-state index < -0.39 is 0 Å². The first-order valence-electron chi connectivity index (χ1n) is 6.89. The number of rotatable bonds is 5. The molecule has 0 aliphatic carbocycles. The van der Waals surface area contributed by atoms with E-state index in [1.54, 1.807) is 0 Å². The van der Waals surface area contributed by atoms with E-state index in [9.17, 15) is 0 Å². The summed E-state index contributed by atoms with van der Waals surface area (Å²) in [4.78, 5) is 4.45. The van der Waals surface area contributed by atoms with Crippen molar-refractivity contribution >= 4 is 0 Å². The number of hydrogen-bond donors (Lipinski definition) is 1. The molecule has 1 aromatic heterocycles. The Bertz CT molecular complexity index is 367. The number of nitrogens with zero attached hydrogens (tertiary/aromatic N) is 2. The lowest BCUT2D eigenvalue weighted by molar-refractivity contribution is 0.0155. The monoisotopic (exact) mass is 251 g/mol. The van der Waals surface area contributed by atoms with Gasteiger partial charge in [-0.3, -0.25) is 0 Å². The fourth-order valence-electron chi connectivity index (χ4n) is 2.36. The molecule has 18 heavy (non-hydrogen) atoms. The van der Waals surface area contributed by atoms with Gasteiger partial charge in [0.2, 0.25) is 0 Å². The summed E-state index contributed by atoms with van der Waals surface area (Å²) >= 11 is 0. The molecule has 1 aromatic rings. The molecule has 0 atom stereocenters. The Morgan fingerprint density at radius 2 is 2.17 bits per heavy atom. The highest BCUT2D eigenvalue weighted by molar-refractivity contribution is 4.97. The average Bonchev–Trinajstić information content (AvgIpc) is 2.74.